The zero-order valence-electron chi connectivity index (χ0n) is 19.3. The van der Waals surface area contributed by atoms with Gasteiger partial charge in [0.2, 0.25) is 5.91 Å². The van der Waals surface area contributed by atoms with E-state index in [1.165, 1.54) is 0 Å². The number of aromatic nitrogens is 2. The van der Waals surface area contributed by atoms with Crippen LogP contribution in [0.25, 0.3) is 11.4 Å². The van der Waals surface area contributed by atoms with Gasteiger partial charge in [-0.15, -0.1) is 0 Å². The first-order valence-corrected chi connectivity index (χ1v) is 11.2. The van der Waals surface area contributed by atoms with E-state index in [9.17, 15) is 9.59 Å². The number of nitrogens with one attached hydrogen (secondary N) is 1. The molecule has 0 aliphatic carbocycles. The lowest BCUT2D eigenvalue weighted by Gasteiger charge is -2.35. The quantitative estimate of drug-likeness (QED) is 0.657. The molecule has 7 heteroatoms. The topological polar surface area (TPSA) is 78.4 Å². The minimum absolute atomic E-state index is 0.0332. The van der Waals surface area contributed by atoms with Crippen LogP contribution in [0.3, 0.4) is 0 Å². The Hall–Kier alpha value is -3.74. The van der Waals surface area contributed by atoms with Crippen molar-refractivity contribution in [2.45, 2.75) is 20.8 Å². The van der Waals surface area contributed by atoms with Crippen LogP contribution in [0.4, 0.5) is 11.5 Å². The van der Waals surface area contributed by atoms with E-state index in [1.54, 1.807) is 30.5 Å². The molecule has 0 unspecified atom stereocenters. The molecule has 0 atom stereocenters. The van der Waals surface area contributed by atoms with Gasteiger partial charge in [0.1, 0.15) is 5.82 Å². The second kappa shape index (κ2) is 9.40. The highest BCUT2D eigenvalue weighted by Gasteiger charge is 2.24. The van der Waals surface area contributed by atoms with Crippen LogP contribution < -0.4 is 10.2 Å². The Bertz CT molecular complexity index is 1130. The average Bonchev–Trinajstić information content (AvgIpc) is 2.84. The second-order valence-electron chi connectivity index (χ2n) is 9.17. The van der Waals surface area contributed by atoms with Crippen LogP contribution in [0, 0.1) is 5.41 Å². The summed E-state index contributed by atoms with van der Waals surface area (Å²) >= 11 is 0. The Morgan fingerprint density at radius 1 is 0.909 bits per heavy atom. The molecule has 1 N–H and O–H groups in total. The maximum atomic E-state index is 13.1. The number of benzene rings is 2. The summed E-state index contributed by atoms with van der Waals surface area (Å²) in [5.74, 6) is 1.44. The number of anilines is 2. The van der Waals surface area contributed by atoms with E-state index in [0.29, 0.717) is 43.3 Å². The summed E-state index contributed by atoms with van der Waals surface area (Å²) in [7, 11) is 0. The first-order valence-electron chi connectivity index (χ1n) is 11.2. The Morgan fingerprint density at radius 2 is 1.64 bits per heavy atom. The number of piperazine rings is 1. The molecule has 1 aromatic heterocycles. The minimum atomic E-state index is -0.502. The van der Waals surface area contributed by atoms with Crippen LogP contribution in [-0.2, 0) is 4.79 Å². The molecule has 0 bridgehead atoms. The Morgan fingerprint density at radius 3 is 2.33 bits per heavy atom. The van der Waals surface area contributed by atoms with Gasteiger partial charge < -0.3 is 15.1 Å². The first kappa shape index (κ1) is 22.5. The molecule has 1 fully saturated rings. The fraction of sp³-hybridized carbons (Fsp3) is 0.308. The molecule has 7 nitrogen and oxygen atoms in total. The molecule has 170 valence electrons. The van der Waals surface area contributed by atoms with E-state index in [0.717, 1.165) is 11.4 Å². The van der Waals surface area contributed by atoms with Crippen molar-refractivity contribution >= 4 is 23.3 Å². The molecule has 1 aliphatic rings. The molecule has 33 heavy (non-hydrogen) atoms. The van der Waals surface area contributed by atoms with Crippen molar-refractivity contribution in [2.75, 3.05) is 36.4 Å². The monoisotopic (exact) mass is 443 g/mol. The van der Waals surface area contributed by atoms with Gasteiger partial charge in [-0.25, -0.2) is 9.97 Å². The summed E-state index contributed by atoms with van der Waals surface area (Å²) < 4.78 is 0. The minimum Gasteiger partial charge on any atom is -0.353 e. The fourth-order valence-corrected chi connectivity index (χ4v) is 3.62. The Kier molecular flexibility index (Phi) is 6.40. The SMILES string of the molecule is CC(C)(C)C(=O)Nc1cccc(C(=O)N2CCN(c3ccnc(-c4ccccc4)n3)CC2)c1. The summed E-state index contributed by atoms with van der Waals surface area (Å²) in [5, 5.41) is 2.90. The zero-order chi connectivity index (χ0) is 23.4. The molecular formula is C26H29N5O2. The summed E-state index contributed by atoms with van der Waals surface area (Å²) in [6.45, 7) is 8.16. The molecule has 1 saturated heterocycles. The largest absolute Gasteiger partial charge is 0.353 e. The highest BCUT2D eigenvalue weighted by atomic mass is 16.2. The number of carbonyl (C=O) groups excluding carboxylic acids is 2. The molecule has 2 aromatic carbocycles. The number of amides is 2. The molecule has 0 spiro atoms. The van der Waals surface area contributed by atoms with Gasteiger partial charge in [-0.1, -0.05) is 57.2 Å². The molecule has 3 aromatic rings. The predicted molar refractivity (Wildman–Crippen MR) is 130 cm³/mol. The third-order valence-electron chi connectivity index (χ3n) is 5.61. The number of rotatable bonds is 4. The van der Waals surface area contributed by atoms with Gasteiger partial charge in [0.15, 0.2) is 5.82 Å². The Labute approximate surface area is 194 Å². The first-order chi connectivity index (χ1) is 15.8. The lowest BCUT2D eigenvalue weighted by atomic mass is 9.95. The van der Waals surface area contributed by atoms with Crippen LogP contribution in [0.1, 0.15) is 31.1 Å². The smallest absolute Gasteiger partial charge is 0.254 e. The van der Waals surface area contributed by atoms with Crippen LogP contribution in [0.2, 0.25) is 0 Å². The molecule has 2 heterocycles. The normalized spacial score (nSPS) is 14.2. The highest BCUT2D eigenvalue weighted by Crippen LogP contribution is 2.21. The van der Waals surface area contributed by atoms with Crippen LogP contribution >= 0.6 is 0 Å². The van der Waals surface area contributed by atoms with Gasteiger partial charge >= 0.3 is 0 Å². The van der Waals surface area contributed by atoms with Crippen molar-refractivity contribution < 1.29 is 9.59 Å². The summed E-state index contributed by atoms with van der Waals surface area (Å²) in [5.41, 5.74) is 1.68. The zero-order valence-corrected chi connectivity index (χ0v) is 19.3. The second-order valence-corrected chi connectivity index (χ2v) is 9.17. The number of nitrogens with zero attached hydrogens (tertiary/aromatic N) is 4. The predicted octanol–water partition coefficient (Wildman–Crippen LogP) is 4.09. The van der Waals surface area contributed by atoms with Gasteiger partial charge in [0.05, 0.1) is 0 Å². The fourth-order valence-electron chi connectivity index (χ4n) is 3.62. The van der Waals surface area contributed by atoms with Crippen molar-refractivity contribution in [3.63, 3.8) is 0 Å². The average molecular weight is 444 g/mol. The standard InChI is InChI=1S/C26H29N5O2/c1-26(2,3)25(33)28-21-11-7-10-20(18-21)24(32)31-16-14-30(15-17-31)22-12-13-27-23(29-22)19-8-5-4-6-9-19/h4-13,18H,14-17H2,1-3H3,(H,28,33). The van der Waals surface area contributed by atoms with Crippen LogP contribution in [-0.4, -0.2) is 52.9 Å². The molecule has 2 amide bonds. The summed E-state index contributed by atoms with van der Waals surface area (Å²) in [6.07, 6.45) is 1.78. The third kappa shape index (κ3) is 5.37. The van der Waals surface area contributed by atoms with Gasteiger partial charge in [-0.05, 0) is 24.3 Å². The lowest BCUT2D eigenvalue weighted by molar-refractivity contribution is -0.123. The highest BCUT2D eigenvalue weighted by molar-refractivity contribution is 5.98. The van der Waals surface area contributed by atoms with Crippen molar-refractivity contribution in [3.8, 4) is 11.4 Å². The summed E-state index contributed by atoms with van der Waals surface area (Å²) in [4.78, 5) is 38.5. The number of hydrogen-bond acceptors (Lipinski definition) is 5. The van der Waals surface area contributed by atoms with E-state index in [4.69, 9.17) is 4.98 Å². The molecule has 0 saturated carbocycles. The van der Waals surface area contributed by atoms with Gasteiger partial charge in [0, 0.05) is 54.6 Å². The molecule has 1 aliphatic heterocycles. The molecular weight excluding hydrogens is 414 g/mol. The van der Waals surface area contributed by atoms with Crippen LogP contribution in [0.15, 0.2) is 66.9 Å². The van der Waals surface area contributed by atoms with Gasteiger partial charge in [-0.2, -0.15) is 0 Å². The van der Waals surface area contributed by atoms with Crippen LogP contribution in [0.5, 0.6) is 0 Å². The van der Waals surface area contributed by atoms with Gasteiger partial charge in [0.25, 0.3) is 5.91 Å². The van der Waals surface area contributed by atoms with E-state index < -0.39 is 5.41 Å². The molecule has 0 radical (unpaired) electrons. The maximum Gasteiger partial charge on any atom is 0.254 e. The maximum absolute atomic E-state index is 13.1. The van der Waals surface area contributed by atoms with Crippen molar-refractivity contribution in [2.24, 2.45) is 5.41 Å². The van der Waals surface area contributed by atoms with E-state index in [-0.39, 0.29) is 11.8 Å². The van der Waals surface area contributed by atoms with E-state index in [2.05, 4.69) is 15.2 Å². The van der Waals surface area contributed by atoms with E-state index in [1.807, 2.05) is 62.1 Å². The van der Waals surface area contributed by atoms with Gasteiger partial charge in [-0.3, -0.25) is 9.59 Å². The third-order valence-corrected chi connectivity index (χ3v) is 5.61. The van der Waals surface area contributed by atoms with E-state index >= 15 is 0 Å². The van der Waals surface area contributed by atoms with Crippen molar-refractivity contribution in [1.82, 2.24) is 14.9 Å². The summed E-state index contributed by atoms with van der Waals surface area (Å²) in [6, 6.07) is 18.9. The number of carbonyl (C=O) groups is 2. The Balaban J connectivity index is 1.40. The number of hydrogen-bond donors (Lipinski definition) is 1. The van der Waals surface area contributed by atoms with Crippen molar-refractivity contribution in [3.05, 3.63) is 72.4 Å². The molecule has 4 rings (SSSR count). The van der Waals surface area contributed by atoms with Crippen molar-refractivity contribution in [1.29, 1.82) is 0 Å². The lowest BCUT2D eigenvalue weighted by Crippen LogP contribution is -2.49.